The first-order valence-corrected chi connectivity index (χ1v) is 17.4. The van der Waals surface area contributed by atoms with E-state index in [2.05, 4.69) is 0 Å². The maximum atomic E-state index is 16.4. The van der Waals surface area contributed by atoms with Crippen LogP contribution in [0.3, 0.4) is 0 Å². The van der Waals surface area contributed by atoms with E-state index < -0.39 is 194 Å². The molecule has 0 aliphatic carbocycles. The molecule has 0 atom stereocenters. The Morgan fingerprint density at radius 2 is 0.781 bits per heavy atom. The second-order valence-corrected chi connectivity index (χ2v) is 13.7. The van der Waals surface area contributed by atoms with E-state index in [4.69, 9.17) is 9.31 Å². The van der Waals surface area contributed by atoms with Gasteiger partial charge in [-0.25, -0.2) is 74.6 Å². The molecule has 0 N–H and O–H groups in total. The highest BCUT2D eigenvalue weighted by Gasteiger charge is 2.43. The molecule has 0 heterocycles. The standard InChI is InChI=1S/C42H8BF19O2/c44-13-3-1-2-10-8-12-18(24(46)15(10)13)25(47)33(55)32(54)23(12)43(64-42-22(31(53)36(58)38(60)40(42)62)21-28(50)34(56)37(59)35(57)29(21)51)63-41-11-6-4-9-5-7-14(45)19-16(9)17(11)20(27(49)26(19)48)30(52)39(41)61/h1-8H. The van der Waals surface area contributed by atoms with E-state index in [0.717, 1.165) is 24.3 Å². The number of benzene rings is 9. The second kappa shape index (κ2) is 14.5. The predicted molar refractivity (Wildman–Crippen MR) is 189 cm³/mol. The molecule has 0 aliphatic heterocycles. The lowest BCUT2D eigenvalue weighted by Crippen LogP contribution is -2.46. The van der Waals surface area contributed by atoms with Crippen LogP contribution >= 0.6 is 0 Å². The molecular weight excluding hydrogens is 908 g/mol. The van der Waals surface area contributed by atoms with Crippen molar-refractivity contribution in [3.8, 4) is 22.6 Å². The highest BCUT2D eigenvalue weighted by Crippen LogP contribution is 2.47. The Labute approximate surface area is 340 Å². The van der Waals surface area contributed by atoms with Gasteiger partial charge in [0.15, 0.2) is 81.4 Å². The SMILES string of the molecule is Fc1c(F)c(F)c(-c2c(F)c(F)c(F)c(F)c2OB(Oc2c(F)c(F)c3c(F)c(F)c4c(F)ccc5ccc2c3c54)c2c(F)c(F)c(F)c3c(F)c4c(F)cccc4cc23)c(F)c1F. The third kappa shape index (κ3) is 5.58. The molecule has 0 aromatic heterocycles. The summed E-state index contributed by atoms with van der Waals surface area (Å²) in [6, 6.07) is 5.93. The van der Waals surface area contributed by atoms with Crippen LogP contribution in [0.4, 0.5) is 83.4 Å². The van der Waals surface area contributed by atoms with Crippen molar-refractivity contribution >= 4 is 66.4 Å². The average Bonchev–Trinajstić information content (AvgIpc) is 3.26. The molecule has 64 heavy (non-hydrogen) atoms. The van der Waals surface area contributed by atoms with Gasteiger partial charge in [-0.2, -0.15) is 8.78 Å². The van der Waals surface area contributed by atoms with Crippen LogP contribution in [-0.4, -0.2) is 7.12 Å². The van der Waals surface area contributed by atoms with Crippen molar-refractivity contribution < 1.29 is 92.7 Å². The smallest absolute Gasteiger partial charge is 0.519 e. The van der Waals surface area contributed by atoms with Gasteiger partial charge in [-0.3, -0.25) is 0 Å². The fourth-order valence-electron chi connectivity index (χ4n) is 7.62. The van der Waals surface area contributed by atoms with E-state index in [9.17, 15) is 22.0 Å². The van der Waals surface area contributed by atoms with Crippen molar-refractivity contribution in [3.63, 3.8) is 0 Å². The molecule has 0 saturated heterocycles. The summed E-state index contributed by atoms with van der Waals surface area (Å²) in [5.74, 6) is -53.8. The van der Waals surface area contributed by atoms with Gasteiger partial charge in [-0.15, -0.1) is 0 Å². The van der Waals surface area contributed by atoms with Gasteiger partial charge in [0, 0.05) is 16.2 Å². The van der Waals surface area contributed by atoms with Gasteiger partial charge in [-0.1, -0.05) is 24.3 Å². The lowest BCUT2D eigenvalue weighted by atomic mass is 9.74. The fourth-order valence-corrected chi connectivity index (χ4v) is 7.62. The second-order valence-electron chi connectivity index (χ2n) is 13.7. The highest BCUT2D eigenvalue weighted by molar-refractivity contribution is 6.66. The maximum Gasteiger partial charge on any atom is 0.636 e. The molecular formula is C42H8BF19O2. The van der Waals surface area contributed by atoms with Crippen LogP contribution in [0.5, 0.6) is 11.5 Å². The highest BCUT2D eigenvalue weighted by atomic mass is 19.2. The van der Waals surface area contributed by atoms with Gasteiger partial charge < -0.3 is 9.31 Å². The van der Waals surface area contributed by atoms with Gasteiger partial charge in [0.25, 0.3) is 0 Å². The van der Waals surface area contributed by atoms with Crippen molar-refractivity contribution in [1.29, 1.82) is 0 Å². The molecule has 0 bridgehead atoms. The zero-order valence-corrected chi connectivity index (χ0v) is 30.2. The van der Waals surface area contributed by atoms with Crippen LogP contribution < -0.4 is 14.8 Å². The van der Waals surface area contributed by atoms with E-state index >= 15 is 61.5 Å². The third-order valence-corrected chi connectivity index (χ3v) is 10.4. The van der Waals surface area contributed by atoms with Gasteiger partial charge in [0.1, 0.15) is 23.2 Å². The van der Waals surface area contributed by atoms with E-state index in [1.807, 2.05) is 0 Å². The molecule has 0 unspecified atom stereocenters. The Morgan fingerprint density at radius 1 is 0.297 bits per heavy atom. The van der Waals surface area contributed by atoms with Crippen molar-refractivity contribution in [2.45, 2.75) is 0 Å². The van der Waals surface area contributed by atoms with Crippen LogP contribution in [0.25, 0.3) is 65.0 Å². The number of hydrogen-bond donors (Lipinski definition) is 0. The van der Waals surface area contributed by atoms with Crippen molar-refractivity contribution in [3.05, 3.63) is 159 Å². The number of fused-ring (bicyclic) bond motifs is 2. The molecule has 0 amide bonds. The van der Waals surface area contributed by atoms with Gasteiger partial charge in [0.2, 0.25) is 17.5 Å². The largest absolute Gasteiger partial charge is 0.636 e. The molecule has 0 spiro atoms. The summed E-state index contributed by atoms with van der Waals surface area (Å²) in [5.41, 5.74) is -7.19. The summed E-state index contributed by atoms with van der Waals surface area (Å²) in [6.45, 7) is 0. The summed E-state index contributed by atoms with van der Waals surface area (Å²) < 4.78 is 302. The molecule has 22 heteroatoms. The van der Waals surface area contributed by atoms with Crippen molar-refractivity contribution in [2.75, 3.05) is 0 Å². The summed E-state index contributed by atoms with van der Waals surface area (Å²) in [6.07, 6.45) is 0. The van der Waals surface area contributed by atoms with Crippen LogP contribution in [0.15, 0.2) is 48.5 Å². The van der Waals surface area contributed by atoms with E-state index in [0.29, 0.717) is 24.3 Å². The maximum absolute atomic E-state index is 16.4. The molecule has 9 aromatic rings. The first kappa shape index (κ1) is 42.2. The lowest BCUT2D eigenvalue weighted by molar-refractivity contribution is 0.362. The number of halogens is 19. The van der Waals surface area contributed by atoms with Crippen molar-refractivity contribution in [1.82, 2.24) is 0 Å². The first-order chi connectivity index (χ1) is 30.2. The molecule has 0 saturated carbocycles. The molecule has 9 aromatic carbocycles. The molecule has 9 rings (SSSR count). The van der Waals surface area contributed by atoms with Crippen LogP contribution in [0.1, 0.15) is 0 Å². The van der Waals surface area contributed by atoms with Crippen LogP contribution in [-0.2, 0) is 0 Å². The molecule has 324 valence electrons. The molecule has 0 aliphatic rings. The topological polar surface area (TPSA) is 18.5 Å². The Hall–Kier alpha value is -7.13. The minimum atomic E-state index is -3.69. The normalized spacial score (nSPS) is 12.0. The molecule has 2 nitrogen and oxygen atoms in total. The Balaban J connectivity index is 1.44. The first-order valence-electron chi connectivity index (χ1n) is 17.4. The third-order valence-electron chi connectivity index (χ3n) is 10.4. The minimum Gasteiger partial charge on any atom is -0.519 e. The summed E-state index contributed by atoms with van der Waals surface area (Å²) in [4.78, 5) is 0. The number of hydrogen-bond acceptors (Lipinski definition) is 2. The zero-order valence-electron chi connectivity index (χ0n) is 30.2. The predicted octanol–water partition coefficient (Wildman–Crippen LogP) is 13.1. The van der Waals surface area contributed by atoms with Crippen LogP contribution in [0.2, 0.25) is 0 Å². The van der Waals surface area contributed by atoms with Gasteiger partial charge in [0.05, 0.1) is 38.1 Å². The summed E-state index contributed by atoms with van der Waals surface area (Å²) in [5, 5.41) is -10.7. The quantitative estimate of drug-likeness (QED) is 0.0413. The Bertz CT molecular complexity index is 3550. The lowest BCUT2D eigenvalue weighted by Gasteiger charge is -2.24. The van der Waals surface area contributed by atoms with Crippen molar-refractivity contribution in [2.24, 2.45) is 0 Å². The summed E-state index contributed by atoms with van der Waals surface area (Å²) in [7, 11) is -3.69. The Kier molecular flexibility index (Phi) is 9.53. The fraction of sp³-hybridized carbons (Fsp3) is 0. The van der Waals surface area contributed by atoms with E-state index in [-0.39, 0.29) is 5.39 Å². The molecule has 0 fully saturated rings. The molecule has 0 radical (unpaired) electrons. The summed E-state index contributed by atoms with van der Waals surface area (Å²) >= 11 is 0. The van der Waals surface area contributed by atoms with Gasteiger partial charge in [-0.05, 0) is 40.4 Å². The van der Waals surface area contributed by atoms with Gasteiger partial charge >= 0.3 is 7.12 Å². The number of rotatable bonds is 6. The zero-order chi connectivity index (χ0) is 46.3. The van der Waals surface area contributed by atoms with Crippen LogP contribution in [0, 0.1) is 111 Å². The van der Waals surface area contributed by atoms with E-state index in [1.54, 1.807) is 0 Å². The minimum absolute atomic E-state index is 0.225. The van der Waals surface area contributed by atoms with E-state index in [1.165, 1.54) is 0 Å². The monoisotopic (exact) mass is 916 g/mol. The Morgan fingerprint density at radius 3 is 1.44 bits per heavy atom. The average molecular weight is 916 g/mol.